The SMILES string of the molecule is CSOCC(C)CC1CC(C)C(C)C1Sc1cc(C(=O)Nc2cc(C)c(C)c(F)c2)ccc1Cl. The fourth-order valence-corrected chi connectivity index (χ4v) is 6.94. The normalized spacial score (nSPS) is 23.2. The minimum absolute atomic E-state index is 0.270. The Kier molecular flexibility index (Phi) is 9.79. The predicted octanol–water partition coefficient (Wildman–Crippen LogP) is 8.42. The van der Waals surface area contributed by atoms with Crippen molar-refractivity contribution < 1.29 is 13.4 Å². The maximum atomic E-state index is 14.1. The van der Waals surface area contributed by atoms with Crippen LogP contribution >= 0.6 is 35.4 Å². The first-order valence-electron chi connectivity index (χ1n) is 11.8. The van der Waals surface area contributed by atoms with Gasteiger partial charge in [0.15, 0.2) is 0 Å². The van der Waals surface area contributed by atoms with Crippen LogP contribution in [0.15, 0.2) is 35.2 Å². The first kappa shape index (κ1) is 27.4. The number of nitrogens with one attached hydrogen (secondary N) is 1. The maximum Gasteiger partial charge on any atom is 0.255 e. The van der Waals surface area contributed by atoms with E-state index in [0.717, 1.165) is 23.5 Å². The van der Waals surface area contributed by atoms with Crippen LogP contribution in [-0.2, 0) is 4.18 Å². The highest BCUT2D eigenvalue weighted by Crippen LogP contribution is 2.49. The third-order valence-corrected chi connectivity index (χ3v) is 9.54. The molecule has 0 bridgehead atoms. The van der Waals surface area contributed by atoms with Gasteiger partial charge < -0.3 is 9.50 Å². The van der Waals surface area contributed by atoms with Crippen LogP contribution < -0.4 is 5.32 Å². The molecule has 1 aliphatic carbocycles. The van der Waals surface area contributed by atoms with Gasteiger partial charge in [-0.25, -0.2) is 4.39 Å². The zero-order valence-electron chi connectivity index (χ0n) is 20.8. The molecule has 0 aliphatic heterocycles. The molecule has 1 fully saturated rings. The molecule has 1 saturated carbocycles. The van der Waals surface area contributed by atoms with Crippen LogP contribution in [0.5, 0.6) is 0 Å². The number of carbonyl (C=O) groups is 1. The van der Waals surface area contributed by atoms with Gasteiger partial charge in [-0.2, -0.15) is 0 Å². The zero-order valence-corrected chi connectivity index (χ0v) is 23.2. The number of benzene rings is 2. The molecule has 0 aromatic heterocycles. The van der Waals surface area contributed by atoms with Gasteiger partial charge in [-0.05, 0) is 104 Å². The third kappa shape index (κ3) is 6.71. The highest BCUT2D eigenvalue weighted by Gasteiger charge is 2.39. The molecule has 0 spiro atoms. The lowest BCUT2D eigenvalue weighted by atomic mass is 9.94. The molecule has 2 aromatic carbocycles. The molecule has 34 heavy (non-hydrogen) atoms. The molecule has 0 radical (unpaired) electrons. The van der Waals surface area contributed by atoms with E-state index in [-0.39, 0.29) is 11.7 Å². The molecule has 2 aromatic rings. The summed E-state index contributed by atoms with van der Waals surface area (Å²) in [6, 6.07) is 8.52. The summed E-state index contributed by atoms with van der Waals surface area (Å²) in [6.07, 6.45) is 4.26. The van der Waals surface area contributed by atoms with E-state index in [9.17, 15) is 9.18 Å². The van der Waals surface area contributed by atoms with Gasteiger partial charge in [-0.1, -0.05) is 32.4 Å². The molecule has 5 atom stereocenters. The number of halogens is 2. The van der Waals surface area contributed by atoms with E-state index in [1.165, 1.54) is 24.5 Å². The zero-order chi connectivity index (χ0) is 25.0. The van der Waals surface area contributed by atoms with E-state index in [4.69, 9.17) is 15.8 Å². The largest absolute Gasteiger partial charge is 0.322 e. The van der Waals surface area contributed by atoms with Crippen molar-refractivity contribution in [1.82, 2.24) is 0 Å². The van der Waals surface area contributed by atoms with Crippen LogP contribution in [0.25, 0.3) is 0 Å². The number of amides is 1. The highest BCUT2D eigenvalue weighted by molar-refractivity contribution is 8.00. The molecule has 7 heteroatoms. The van der Waals surface area contributed by atoms with Crippen LogP contribution in [-0.4, -0.2) is 24.0 Å². The molecule has 5 unspecified atom stereocenters. The summed E-state index contributed by atoms with van der Waals surface area (Å²) in [6.45, 7) is 11.2. The number of hydrogen-bond donors (Lipinski definition) is 1. The fraction of sp³-hybridized carbons (Fsp3) is 0.519. The average molecular weight is 524 g/mol. The van der Waals surface area contributed by atoms with Crippen LogP contribution in [0, 0.1) is 43.3 Å². The van der Waals surface area contributed by atoms with Gasteiger partial charge in [-0.3, -0.25) is 4.79 Å². The lowest BCUT2D eigenvalue weighted by Crippen LogP contribution is -2.20. The van der Waals surface area contributed by atoms with E-state index in [1.807, 2.05) is 19.2 Å². The molecule has 186 valence electrons. The Morgan fingerprint density at radius 2 is 2.00 bits per heavy atom. The Hall–Kier alpha value is -1.21. The standard InChI is InChI=1S/C27H35ClFNO2S2/c1-15(14-32-33-6)9-21-10-16(2)19(5)26(21)34-25-12-20(7-8-23(25)28)27(31)30-22-11-17(3)18(4)24(29)13-22/h7-8,11-13,15-16,19,21,26H,9-10,14H2,1-6H3,(H,30,31). The van der Waals surface area contributed by atoms with Crippen molar-refractivity contribution in [3.8, 4) is 0 Å². The van der Waals surface area contributed by atoms with Gasteiger partial charge in [0.1, 0.15) is 5.82 Å². The predicted molar refractivity (Wildman–Crippen MR) is 145 cm³/mol. The van der Waals surface area contributed by atoms with E-state index in [0.29, 0.717) is 50.8 Å². The highest BCUT2D eigenvalue weighted by atomic mass is 35.5. The number of anilines is 1. The van der Waals surface area contributed by atoms with Gasteiger partial charge in [0.05, 0.1) is 11.6 Å². The molecule has 0 heterocycles. The lowest BCUT2D eigenvalue weighted by Gasteiger charge is -2.25. The second-order valence-corrected chi connectivity index (χ2v) is 11.9. The van der Waals surface area contributed by atoms with Crippen LogP contribution in [0.2, 0.25) is 5.02 Å². The maximum absolute atomic E-state index is 14.1. The molecule has 0 saturated heterocycles. The molecular weight excluding hydrogens is 489 g/mol. The third-order valence-electron chi connectivity index (χ3n) is 7.05. The van der Waals surface area contributed by atoms with Gasteiger partial charge in [0.25, 0.3) is 5.91 Å². The van der Waals surface area contributed by atoms with Crippen molar-refractivity contribution >= 4 is 47.0 Å². The second kappa shape index (κ2) is 12.2. The van der Waals surface area contributed by atoms with E-state index < -0.39 is 0 Å². The van der Waals surface area contributed by atoms with Gasteiger partial charge in [-0.15, -0.1) is 11.8 Å². The number of thioether (sulfide) groups is 1. The number of hydrogen-bond acceptors (Lipinski definition) is 4. The summed E-state index contributed by atoms with van der Waals surface area (Å²) < 4.78 is 19.7. The van der Waals surface area contributed by atoms with E-state index in [1.54, 1.807) is 36.9 Å². The summed E-state index contributed by atoms with van der Waals surface area (Å²) in [7, 11) is 0. The molecule has 1 amide bonds. The molecule has 1 aliphatic rings. The van der Waals surface area contributed by atoms with E-state index >= 15 is 0 Å². The van der Waals surface area contributed by atoms with Crippen LogP contribution in [0.4, 0.5) is 10.1 Å². The molecular formula is C27H35ClFNO2S2. The van der Waals surface area contributed by atoms with E-state index in [2.05, 4.69) is 26.1 Å². The first-order chi connectivity index (χ1) is 16.1. The summed E-state index contributed by atoms with van der Waals surface area (Å²) in [5, 5.41) is 3.91. The summed E-state index contributed by atoms with van der Waals surface area (Å²) in [5.41, 5.74) is 2.36. The number of aryl methyl sites for hydroxylation is 1. The molecule has 3 rings (SSSR count). The smallest absolute Gasteiger partial charge is 0.255 e. The number of rotatable bonds is 9. The number of carbonyl (C=O) groups excluding carboxylic acids is 1. The summed E-state index contributed by atoms with van der Waals surface area (Å²) in [4.78, 5) is 13.9. The quantitative estimate of drug-likeness (QED) is 0.335. The van der Waals surface area contributed by atoms with Crippen LogP contribution in [0.1, 0.15) is 55.1 Å². The van der Waals surface area contributed by atoms with Crippen molar-refractivity contribution in [3.63, 3.8) is 0 Å². The Balaban J connectivity index is 1.76. The Morgan fingerprint density at radius 1 is 1.26 bits per heavy atom. The lowest BCUT2D eigenvalue weighted by molar-refractivity contribution is 0.102. The Morgan fingerprint density at radius 3 is 2.68 bits per heavy atom. The van der Waals surface area contributed by atoms with Crippen molar-refractivity contribution in [3.05, 3.63) is 57.9 Å². The fourth-order valence-electron chi connectivity index (χ4n) is 4.76. The van der Waals surface area contributed by atoms with Crippen molar-refractivity contribution in [2.75, 3.05) is 18.2 Å². The van der Waals surface area contributed by atoms with Gasteiger partial charge >= 0.3 is 0 Å². The summed E-state index contributed by atoms with van der Waals surface area (Å²) in [5.74, 6) is 1.66. The second-order valence-electron chi connectivity index (χ2n) is 9.71. The first-order valence-corrected chi connectivity index (χ1v) is 14.2. The van der Waals surface area contributed by atoms with Crippen molar-refractivity contribution in [2.45, 2.75) is 57.6 Å². The van der Waals surface area contributed by atoms with Crippen molar-refractivity contribution in [2.24, 2.45) is 23.7 Å². The van der Waals surface area contributed by atoms with Gasteiger partial charge in [0.2, 0.25) is 0 Å². The summed E-state index contributed by atoms with van der Waals surface area (Å²) >= 11 is 9.79. The van der Waals surface area contributed by atoms with Crippen LogP contribution in [0.3, 0.4) is 0 Å². The monoisotopic (exact) mass is 523 g/mol. The van der Waals surface area contributed by atoms with Crippen molar-refractivity contribution in [1.29, 1.82) is 0 Å². The molecule has 1 N–H and O–H groups in total. The Bertz CT molecular complexity index is 995. The average Bonchev–Trinajstić information content (AvgIpc) is 3.04. The minimum atomic E-state index is -0.324. The Labute approximate surface area is 217 Å². The molecule has 3 nitrogen and oxygen atoms in total. The topological polar surface area (TPSA) is 38.3 Å². The van der Waals surface area contributed by atoms with Gasteiger partial charge in [0, 0.05) is 27.7 Å². The minimum Gasteiger partial charge on any atom is -0.322 e.